The van der Waals surface area contributed by atoms with Crippen molar-refractivity contribution in [1.82, 2.24) is 14.5 Å². The molecule has 1 N–H and O–H groups in total. The molecule has 3 aromatic carbocycles. The van der Waals surface area contributed by atoms with Crippen LogP contribution < -0.4 is 5.56 Å². The maximum Gasteiger partial charge on any atom is 0.283 e. The molecule has 5 aromatic rings. The number of benzene rings is 3. The summed E-state index contributed by atoms with van der Waals surface area (Å²) in [6.45, 7) is 1.99. The minimum atomic E-state index is -0.211. The molecular formula is C27H20ClN3O2S. The lowest BCUT2D eigenvalue weighted by molar-refractivity contribution is 0.102. The van der Waals surface area contributed by atoms with Crippen LogP contribution in [0.1, 0.15) is 15.9 Å². The Morgan fingerprint density at radius 1 is 1.00 bits per heavy atom. The lowest BCUT2D eigenvalue weighted by Crippen LogP contribution is -2.22. The summed E-state index contributed by atoms with van der Waals surface area (Å²) in [5.74, 6) is 0.0695. The Morgan fingerprint density at radius 2 is 1.71 bits per heavy atom. The second-order valence-corrected chi connectivity index (χ2v) is 9.26. The molecule has 7 heteroatoms. The summed E-state index contributed by atoms with van der Waals surface area (Å²) in [4.78, 5) is 34.4. The Morgan fingerprint density at radius 3 is 2.41 bits per heavy atom. The fourth-order valence-electron chi connectivity index (χ4n) is 3.74. The fourth-order valence-corrected chi connectivity index (χ4v) is 4.77. The van der Waals surface area contributed by atoms with Crippen LogP contribution in [0.3, 0.4) is 0 Å². The van der Waals surface area contributed by atoms with Crippen molar-refractivity contribution in [3.63, 3.8) is 0 Å². The van der Waals surface area contributed by atoms with Crippen LogP contribution in [0.15, 0.2) is 95.0 Å². The van der Waals surface area contributed by atoms with Gasteiger partial charge in [-0.3, -0.25) is 14.2 Å². The van der Waals surface area contributed by atoms with E-state index in [0.29, 0.717) is 32.5 Å². The molecule has 0 bridgehead atoms. The zero-order valence-electron chi connectivity index (χ0n) is 18.3. The van der Waals surface area contributed by atoms with Crippen LogP contribution >= 0.6 is 23.4 Å². The molecule has 0 unspecified atom stereocenters. The van der Waals surface area contributed by atoms with Crippen molar-refractivity contribution in [1.29, 1.82) is 0 Å². The van der Waals surface area contributed by atoms with E-state index in [1.54, 1.807) is 35.0 Å². The Bertz CT molecular complexity index is 1540. The van der Waals surface area contributed by atoms with E-state index in [4.69, 9.17) is 16.6 Å². The minimum Gasteiger partial charge on any atom is -0.355 e. The molecular weight excluding hydrogens is 466 g/mol. The van der Waals surface area contributed by atoms with Gasteiger partial charge in [0.2, 0.25) is 0 Å². The minimum absolute atomic E-state index is 0.0659. The van der Waals surface area contributed by atoms with E-state index >= 15 is 0 Å². The highest BCUT2D eigenvalue weighted by Crippen LogP contribution is 2.29. The maximum atomic E-state index is 13.6. The van der Waals surface area contributed by atoms with Crippen LogP contribution in [0.5, 0.6) is 0 Å². The van der Waals surface area contributed by atoms with E-state index in [1.165, 1.54) is 11.8 Å². The zero-order valence-corrected chi connectivity index (χ0v) is 19.9. The molecule has 34 heavy (non-hydrogen) atoms. The Kier molecular flexibility index (Phi) is 6.09. The fraction of sp³-hybridized carbons (Fsp3) is 0.0741. The first-order chi connectivity index (χ1) is 16.5. The molecule has 5 rings (SSSR count). The van der Waals surface area contributed by atoms with Crippen molar-refractivity contribution in [3.8, 4) is 16.8 Å². The summed E-state index contributed by atoms with van der Waals surface area (Å²) in [5.41, 5.74) is 4.95. The smallest absolute Gasteiger partial charge is 0.283 e. The Balaban J connectivity index is 1.61. The number of nitrogens with one attached hydrogen (secondary N) is 1. The lowest BCUT2D eigenvalue weighted by atomic mass is 10.1. The molecule has 0 spiro atoms. The molecule has 0 saturated heterocycles. The quantitative estimate of drug-likeness (QED) is 0.174. The van der Waals surface area contributed by atoms with Gasteiger partial charge in [0, 0.05) is 22.3 Å². The predicted molar refractivity (Wildman–Crippen MR) is 138 cm³/mol. The van der Waals surface area contributed by atoms with Crippen molar-refractivity contribution >= 4 is 40.2 Å². The van der Waals surface area contributed by atoms with E-state index in [-0.39, 0.29) is 17.1 Å². The number of fused-ring (bicyclic) bond motifs is 1. The second kappa shape index (κ2) is 9.33. The van der Waals surface area contributed by atoms with Gasteiger partial charge in [0.1, 0.15) is 11.0 Å². The number of halogens is 1. The first-order valence-electron chi connectivity index (χ1n) is 10.7. The number of rotatable bonds is 6. The van der Waals surface area contributed by atoms with Crippen LogP contribution in [0, 0.1) is 6.92 Å². The average molecular weight is 486 g/mol. The van der Waals surface area contributed by atoms with Gasteiger partial charge in [0.15, 0.2) is 10.9 Å². The monoisotopic (exact) mass is 485 g/mol. The van der Waals surface area contributed by atoms with Gasteiger partial charge in [-0.25, -0.2) is 4.98 Å². The van der Waals surface area contributed by atoms with Crippen LogP contribution in [0.25, 0.3) is 27.8 Å². The third kappa shape index (κ3) is 4.30. The highest BCUT2D eigenvalue weighted by atomic mass is 35.5. The third-order valence-electron chi connectivity index (χ3n) is 5.54. The number of carbonyl (C=O) groups is 1. The number of thioether (sulfide) groups is 1. The van der Waals surface area contributed by atoms with Gasteiger partial charge >= 0.3 is 0 Å². The van der Waals surface area contributed by atoms with Gasteiger partial charge in [-0.1, -0.05) is 71.4 Å². The topological polar surface area (TPSA) is 67.8 Å². The number of aromatic amines is 1. The number of hydrogen-bond donors (Lipinski definition) is 1. The molecule has 0 amide bonds. The van der Waals surface area contributed by atoms with Gasteiger partial charge in [0.25, 0.3) is 5.56 Å². The van der Waals surface area contributed by atoms with Gasteiger partial charge < -0.3 is 4.98 Å². The maximum absolute atomic E-state index is 13.6. The summed E-state index contributed by atoms with van der Waals surface area (Å²) in [6.07, 6.45) is 1.81. The number of nitrogens with zero attached hydrogens (tertiary/aromatic N) is 2. The van der Waals surface area contributed by atoms with Crippen molar-refractivity contribution in [2.75, 3.05) is 5.75 Å². The average Bonchev–Trinajstić information content (AvgIpc) is 3.29. The second-order valence-electron chi connectivity index (χ2n) is 7.88. The molecule has 2 aromatic heterocycles. The number of aromatic nitrogens is 3. The summed E-state index contributed by atoms with van der Waals surface area (Å²) in [7, 11) is 0. The van der Waals surface area contributed by atoms with Crippen LogP contribution in [0.4, 0.5) is 0 Å². The third-order valence-corrected chi connectivity index (χ3v) is 6.73. The molecule has 0 aliphatic rings. The highest BCUT2D eigenvalue weighted by molar-refractivity contribution is 7.99. The number of aryl methyl sites for hydroxylation is 1. The van der Waals surface area contributed by atoms with Crippen molar-refractivity contribution in [2.45, 2.75) is 12.1 Å². The van der Waals surface area contributed by atoms with Crippen LogP contribution in [-0.4, -0.2) is 26.1 Å². The van der Waals surface area contributed by atoms with E-state index in [1.807, 2.05) is 61.5 Å². The van der Waals surface area contributed by atoms with Crippen molar-refractivity contribution in [3.05, 3.63) is 112 Å². The van der Waals surface area contributed by atoms with Gasteiger partial charge in [-0.2, -0.15) is 0 Å². The first kappa shape index (κ1) is 22.2. The van der Waals surface area contributed by atoms with E-state index < -0.39 is 0 Å². The first-order valence-corrected chi connectivity index (χ1v) is 12.1. The van der Waals surface area contributed by atoms with Gasteiger partial charge in [-0.15, -0.1) is 0 Å². The number of H-pyrrole nitrogens is 1. The largest absolute Gasteiger partial charge is 0.355 e. The van der Waals surface area contributed by atoms with E-state index in [0.717, 1.165) is 16.7 Å². The standard InChI is InChI=1S/C27H20ClN3O2S/c1-17-7-13-21(14-8-17)31-26(33)25-24(22(15-29-25)18-5-3-2-4-6-18)30-27(31)34-16-23(32)19-9-11-20(28)12-10-19/h2-15,29H,16H2,1H3. The van der Waals surface area contributed by atoms with Gasteiger partial charge in [0.05, 0.1) is 11.4 Å². The molecule has 168 valence electrons. The predicted octanol–water partition coefficient (Wildman–Crippen LogP) is 6.32. The molecule has 0 aliphatic carbocycles. The lowest BCUT2D eigenvalue weighted by Gasteiger charge is -2.13. The van der Waals surface area contributed by atoms with Crippen LogP contribution in [0.2, 0.25) is 5.02 Å². The molecule has 0 atom stereocenters. The molecule has 0 radical (unpaired) electrons. The van der Waals surface area contributed by atoms with E-state index in [9.17, 15) is 9.59 Å². The number of Topliss-reactive ketones (excluding diaryl/α,β-unsaturated/α-hetero) is 1. The summed E-state index contributed by atoms with van der Waals surface area (Å²) >= 11 is 7.19. The number of carbonyl (C=O) groups excluding carboxylic acids is 1. The Labute approximate surface area is 205 Å². The van der Waals surface area contributed by atoms with Crippen molar-refractivity contribution in [2.24, 2.45) is 0 Å². The Hall–Kier alpha value is -3.61. The number of hydrogen-bond acceptors (Lipinski definition) is 4. The normalized spacial score (nSPS) is 11.1. The summed E-state index contributed by atoms with van der Waals surface area (Å²) in [6, 6.07) is 24.3. The van der Waals surface area contributed by atoms with Crippen LogP contribution in [-0.2, 0) is 0 Å². The molecule has 0 saturated carbocycles. The summed E-state index contributed by atoms with van der Waals surface area (Å²) in [5, 5.41) is 1.03. The van der Waals surface area contributed by atoms with E-state index in [2.05, 4.69) is 4.98 Å². The summed E-state index contributed by atoms with van der Waals surface area (Å²) < 4.78 is 1.56. The molecule has 0 aliphatic heterocycles. The van der Waals surface area contributed by atoms with Gasteiger partial charge in [-0.05, 0) is 48.9 Å². The SMILES string of the molecule is Cc1ccc(-n2c(SCC(=O)c3ccc(Cl)cc3)nc3c(-c4ccccc4)c[nH]c3c2=O)cc1. The number of ketones is 1. The van der Waals surface area contributed by atoms with Crippen molar-refractivity contribution < 1.29 is 4.79 Å². The molecule has 0 fully saturated rings. The molecule has 5 nitrogen and oxygen atoms in total. The zero-order chi connectivity index (χ0) is 23.7. The molecule has 2 heterocycles. The highest BCUT2D eigenvalue weighted by Gasteiger charge is 2.19.